The number of nitrogens with two attached hydrogens (primary N) is 2. The molecule has 0 aliphatic carbocycles. The van der Waals surface area contributed by atoms with Crippen LogP contribution in [0.5, 0.6) is 5.75 Å². The lowest BCUT2D eigenvalue weighted by Crippen LogP contribution is -2.61. The highest BCUT2D eigenvalue weighted by Gasteiger charge is 2.41. The van der Waals surface area contributed by atoms with Gasteiger partial charge in [0.2, 0.25) is 59.1 Å². The van der Waals surface area contributed by atoms with Crippen LogP contribution in [0.4, 0.5) is 8.78 Å². The molecule has 8 atom stereocenters. The molecule has 10 amide bonds. The van der Waals surface area contributed by atoms with Crippen LogP contribution in [0.25, 0.3) is 21.8 Å². The van der Waals surface area contributed by atoms with E-state index in [0.717, 1.165) is 6.07 Å². The van der Waals surface area contributed by atoms with E-state index >= 15 is 9.59 Å². The molecule has 9 rings (SSSR count). The van der Waals surface area contributed by atoms with Gasteiger partial charge in [0.25, 0.3) is 0 Å². The van der Waals surface area contributed by atoms with E-state index < -0.39 is 151 Å². The van der Waals surface area contributed by atoms with Gasteiger partial charge in [-0.3, -0.25) is 57.4 Å². The van der Waals surface area contributed by atoms with E-state index in [9.17, 15) is 62.1 Å². The highest BCUT2D eigenvalue weighted by molar-refractivity contribution is 6.00. The maximum absolute atomic E-state index is 15.0. The quantitative estimate of drug-likeness (QED) is 0.0602. The summed E-state index contributed by atoms with van der Waals surface area (Å²) in [6, 6.07) is 1.13. The number of rotatable bonds is 15. The lowest BCUT2D eigenvalue weighted by atomic mass is 10.0. The van der Waals surface area contributed by atoms with E-state index in [1.165, 1.54) is 84.4 Å². The molecule has 0 spiro atoms. The third-order valence-electron chi connectivity index (χ3n) is 17.3. The van der Waals surface area contributed by atoms with Crippen molar-refractivity contribution in [2.45, 2.75) is 158 Å². The molecule has 0 radical (unpaired) electrons. The number of carbonyl (C=O) groups is 11. The van der Waals surface area contributed by atoms with Gasteiger partial charge >= 0.3 is 5.97 Å². The van der Waals surface area contributed by atoms with E-state index in [1.807, 2.05) is 0 Å². The van der Waals surface area contributed by atoms with Crippen LogP contribution in [0.15, 0.2) is 91.8 Å². The fraction of sp³-hybridized carbons (Fsp3) is 0.424. The molecule has 0 saturated carbocycles. The monoisotopic (exact) mass is 1370 g/mol. The number of imidazole rings is 1. The Morgan fingerprint density at radius 2 is 1.22 bits per heavy atom. The standard InChI is InChI=1S/C66H80F2N18O13/c67-39-14-18-46-44(26-39)37(30-72-46)24-50-61(94)79-51(25-38-31-73-47-19-15-40(68)27-45(38)47)62(95)81-53(29-58(90)91)64(97)80-52(28-42-32-71-35-75-42)63(96)82-54(23-36-12-16-43(87)17-13-36)66(99)86-22-6-10-55(86)65(98)78-48(59(70)92)9-5-7-41-34-85(84-83-41)21-4-2-11-56(88)76-49(8-1-3-20-69)60(93)74-33-57(89)77-50/h12-19,26-27,30-32,34-35,48-55,72-73,87H,1-11,20-25,28-29,33,69H2,(H2,70,92)(H,71,75)(H,74,93)(H,76,88)(H,77,89)(H,78,98)(H,79,94)(H,80,97)(H,81,95)(H,82,96)(H,90,91)/t48-,49-,50-,51-,52-,53-,54-,55-/m0/s1. The summed E-state index contributed by atoms with van der Waals surface area (Å²) in [7, 11) is 0. The van der Waals surface area contributed by atoms with Crippen LogP contribution in [-0.4, -0.2) is 183 Å². The van der Waals surface area contributed by atoms with Crippen molar-refractivity contribution in [2.75, 3.05) is 19.6 Å². The fourth-order valence-electron chi connectivity index (χ4n) is 12.1. The van der Waals surface area contributed by atoms with Crippen molar-refractivity contribution in [3.63, 3.8) is 0 Å². The number of unbranched alkanes of at least 4 members (excludes halogenated alkanes) is 1. The number of carboxylic acid groups (broad SMARTS) is 1. The summed E-state index contributed by atoms with van der Waals surface area (Å²) in [5, 5.41) is 50.2. The molecule has 99 heavy (non-hydrogen) atoms. The topological polar surface area (TPSA) is 471 Å². The maximum Gasteiger partial charge on any atom is 0.305 e. The number of amides is 10. The number of nitrogens with zero attached hydrogens (tertiary/aromatic N) is 5. The first kappa shape index (κ1) is 72.2. The van der Waals surface area contributed by atoms with Crippen molar-refractivity contribution < 1.29 is 71.7 Å². The second-order valence-electron chi connectivity index (χ2n) is 24.6. The van der Waals surface area contributed by atoms with Crippen LogP contribution in [-0.2, 0) is 91.4 Å². The number of carboxylic acids is 1. The molecular formula is C66H80F2N18O13. The summed E-state index contributed by atoms with van der Waals surface area (Å²) in [4.78, 5) is 170. The zero-order valence-corrected chi connectivity index (χ0v) is 54.0. The van der Waals surface area contributed by atoms with Crippen molar-refractivity contribution in [1.82, 2.24) is 82.4 Å². The number of aromatic hydroxyl groups is 1. The molecule has 0 unspecified atom stereocenters. The molecule has 3 aromatic carbocycles. The SMILES string of the molecule is NCCCC[C@@H]1NC(=O)CCCCn2cc(nn2)CCC[C@@H](C(N)=O)NC(=O)[C@@H]2CCCN2C(=O)[C@H](Cc2ccc(O)cc2)NC(=O)[C@H](Cc2c[nH]cn2)NC(=O)[C@H](CC(=O)O)NC(=O)[C@H](Cc2c[nH]c3ccc(F)cc23)NC(=O)[C@H](Cc2c[nH]c3ccc(F)cc23)NC(=O)CNC1=O. The molecule has 2 aliphatic heterocycles. The number of primary amides is 1. The summed E-state index contributed by atoms with van der Waals surface area (Å²) in [5.41, 5.74) is 14.1. The van der Waals surface area contributed by atoms with Gasteiger partial charge < -0.3 is 84.1 Å². The number of phenolic OH excluding ortho intramolecular Hbond substituents is 1. The number of aromatic amines is 3. The Kier molecular flexibility index (Phi) is 24.9. The van der Waals surface area contributed by atoms with E-state index in [1.54, 1.807) is 10.9 Å². The number of benzene rings is 3. The largest absolute Gasteiger partial charge is 0.508 e. The van der Waals surface area contributed by atoms with Crippen LogP contribution in [0, 0.1) is 11.6 Å². The summed E-state index contributed by atoms with van der Waals surface area (Å²) in [6.45, 7) is -0.0740. The number of carbonyl (C=O) groups excluding carboxylic acids is 10. The average Bonchev–Trinajstić information content (AvgIpc) is 1.60. The van der Waals surface area contributed by atoms with Crippen molar-refractivity contribution in [3.05, 3.63) is 131 Å². The number of halogens is 2. The molecule has 33 heteroatoms. The fourth-order valence-corrected chi connectivity index (χ4v) is 12.1. The first-order valence-electron chi connectivity index (χ1n) is 32.6. The lowest BCUT2D eigenvalue weighted by molar-refractivity contribution is -0.143. The highest BCUT2D eigenvalue weighted by atomic mass is 19.1. The molecule has 2 bridgehead atoms. The third-order valence-corrected chi connectivity index (χ3v) is 17.3. The normalized spacial score (nSPS) is 22.2. The Morgan fingerprint density at radius 3 is 1.85 bits per heavy atom. The van der Waals surface area contributed by atoms with Gasteiger partial charge in [-0.15, -0.1) is 5.10 Å². The Balaban J connectivity index is 1.05. The van der Waals surface area contributed by atoms with Crippen molar-refractivity contribution in [3.8, 4) is 5.75 Å². The number of nitrogens with one attached hydrogen (secondary N) is 11. The molecule has 1 fully saturated rings. The number of aromatic nitrogens is 7. The van der Waals surface area contributed by atoms with Crippen molar-refractivity contribution in [1.29, 1.82) is 0 Å². The van der Waals surface area contributed by atoms with Gasteiger partial charge in [0.1, 0.15) is 65.7 Å². The van der Waals surface area contributed by atoms with E-state index in [-0.39, 0.29) is 74.0 Å². The first-order valence-corrected chi connectivity index (χ1v) is 32.6. The number of hydrogen-bond donors (Lipinski definition) is 15. The van der Waals surface area contributed by atoms with Crippen LogP contribution >= 0.6 is 0 Å². The number of fused-ring (bicyclic) bond motifs is 5. The Bertz CT molecular complexity index is 4050. The summed E-state index contributed by atoms with van der Waals surface area (Å²) >= 11 is 0. The second-order valence-corrected chi connectivity index (χ2v) is 24.6. The van der Waals surface area contributed by atoms with E-state index in [0.29, 0.717) is 84.7 Å². The van der Waals surface area contributed by atoms with Crippen LogP contribution in [0.3, 0.4) is 0 Å². The number of hydrogen-bond acceptors (Lipinski definition) is 16. The highest BCUT2D eigenvalue weighted by Crippen LogP contribution is 2.25. The molecule has 31 nitrogen and oxygen atoms in total. The Morgan fingerprint density at radius 1 is 0.606 bits per heavy atom. The third kappa shape index (κ3) is 20.2. The molecule has 1 saturated heterocycles. The van der Waals surface area contributed by atoms with E-state index in [2.05, 4.69) is 72.8 Å². The lowest BCUT2D eigenvalue weighted by Gasteiger charge is -2.31. The van der Waals surface area contributed by atoms with Gasteiger partial charge in [-0.1, -0.05) is 17.3 Å². The summed E-state index contributed by atoms with van der Waals surface area (Å²) < 4.78 is 31.4. The zero-order valence-electron chi connectivity index (χ0n) is 54.0. The first-order chi connectivity index (χ1) is 47.6. The van der Waals surface area contributed by atoms with Gasteiger partial charge in [-0.2, -0.15) is 0 Å². The zero-order chi connectivity index (χ0) is 70.7. The smallest absolute Gasteiger partial charge is 0.305 e. The molecule has 7 aromatic rings. The number of aliphatic carboxylic acids is 1. The molecule has 2 aliphatic rings. The van der Waals surface area contributed by atoms with Crippen molar-refractivity contribution >= 4 is 86.8 Å². The van der Waals surface area contributed by atoms with Gasteiger partial charge in [0, 0.05) is 91.8 Å². The molecule has 17 N–H and O–H groups in total. The number of H-pyrrole nitrogens is 3. The minimum atomic E-state index is -2.05. The average molecular weight is 1370 g/mol. The van der Waals surface area contributed by atoms with Gasteiger partial charge in [-0.25, -0.2) is 13.8 Å². The second kappa shape index (κ2) is 34.2. The minimum absolute atomic E-state index is 0.00211. The van der Waals surface area contributed by atoms with Crippen molar-refractivity contribution in [2.24, 2.45) is 11.5 Å². The van der Waals surface area contributed by atoms with E-state index in [4.69, 9.17) is 11.5 Å². The minimum Gasteiger partial charge on any atom is -0.508 e. The molecule has 526 valence electrons. The van der Waals surface area contributed by atoms with Crippen LogP contribution < -0.4 is 54.0 Å². The van der Waals surface area contributed by atoms with Gasteiger partial charge in [0.05, 0.1) is 30.7 Å². The Hall–Kier alpha value is -11.1. The van der Waals surface area contributed by atoms with Crippen LogP contribution in [0.1, 0.15) is 98.7 Å². The number of aryl methyl sites for hydroxylation is 2. The predicted octanol–water partition coefficient (Wildman–Crippen LogP) is 0.0148. The molecule has 4 aromatic heterocycles. The summed E-state index contributed by atoms with van der Waals surface area (Å²) in [5.74, 6) is -12.0. The summed E-state index contributed by atoms with van der Waals surface area (Å²) in [6.07, 6.45) is 7.69. The van der Waals surface area contributed by atoms with Gasteiger partial charge in [-0.05, 0) is 136 Å². The van der Waals surface area contributed by atoms with Gasteiger partial charge in [0.15, 0.2) is 0 Å². The maximum atomic E-state index is 15.0. The Labute approximate surface area is 564 Å². The molecular weight excluding hydrogens is 1290 g/mol. The number of phenols is 1. The van der Waals surface area contributed by atoms with Crippen LogP contribution in [0.2, 0.25) is 0 Å². The predicted molar refractivity (Wildman–Crippen MR) is 350 cm³/mol. The molecule has 6 heterocycles.